The van der Waals surface area contributed by atoms with Crippen molar-refractivity contribution in [3.05, 3.63) is 30.1 Å². The zero-order valence-electron chi connectivity index (χ0n) is 10.4. The van der Waals surface area contributed by atoms with Crippen LogP contribution >= 0.6 is 0 Å². The second kappa shape index (κ2) is 5.44. The maximum Gasteiger partial charge on any atom is 0.120 e. The van der Waals surface area contributed by atoms with Crippen LogP contribution in [-0.2, 0) is 6.54 Å². The Morgan fingerprint density at radius 2 is 2.06 bits per heavy atom. The topological polar surface area (TPSA) is 17.3 Å². The average Bonchev–Trinajstić information content (AvgIpc) is 2.31. The van der Waals surface area contributed by atoms with Crippen LogP contribution in [0.1, 0.15) is 32.4 Å². The van der Waals surface area contributed by atoms with Gasteiger partial charge in [0.1, 0.15) is 6.54 Å². The third kappa shape index (κ3) is 3.05. The summed E-state index contributed by atoms with van der Waals surface area (Å²) in [6.45, 7) is 8.45. The van der Waals surface area contributed by atoms with Crippen LogP contribution in [0.15, 0.2) is 24.4 Å². The first-order valence-electron chi connectivity index (χ1n) is 6.49. The molecule has 2 heteroatoms. The zero-order chi connectivity index (χ0) is 11.4. The van der Waals surface area contributed by atoms with Gasteiger partial charge in [0, 0.05) is 6.20 Å². The number of hydrogen-bond donors (Lipinski definition) is 1. The lowest BCUT2D eigenvalue weighted by atomic mass is 9.87. The lowest BCUT2D eigenvalue weighted by Crippen LogP contribution is -3.11. The smallest absolute Gasteiger partial charge is 0.120 e. The molecule has 0 aromatic carbocycles. The van der Waals surface area contributed by atoms with Crippen molar-refractivity contribution in [1.29, 1.82) is 0 Å². The van der Waals surface area contributed by atoms with Gasteiger partial charge in [-0.15, -0.1) is 0 Å². The summed E-state index contributed by atoms with van der Waals surface area (Å²) in [4.78, 5) is 6.11. The first kappa shape index (κ1) is 11.6. The van der Waals surface area contributed by atoms with Gasteiger partial charge in [0.2, 0.25) is 0 Å². The summed E-state index contributed by atoms with van der Waals surface area (Å²) in [6.07, 6.45) is 4.68. The van der Waals surface area contributed by atoms with Gasteiger partial charge in [0.25, 0.3) is 0 Å². The highest BCUT2D eigenvalue weighted by atomic mass is 15.1. The van der Waals surface area contributed by atoms with E-state index in [4.69, 9.17) is 0 Å². The van der Waals surface area contributed by atoms with Crippen molar-refractivity contribution in [2.24, 2.45) is 11.8 Å². The summed E-state index contributed by atoms with van der Waals surface area (Å²) in [5.74, 6) is 1.81. The highest BCUT2D eigenvalue weighted by Gasteiger charge is 2.24. The van der Waals surface area contributed by atoms with Crippen LogP contribution in [0.25, 0.3) is 0 Å². The van der Waals surface area contributed by atoms with Crippen LogP contribution < -0.4 is 4.90 Å². The molecule has 1 fully saturated rings. The van der Waals surface area contributed by atoms with Crippen molar-refractivity contribution in [2.75, 3.05) is 13.1 Å². The van der Waals surface area contributed by atoms with Crippen LogP contribution in [0.4, 0.5) is 0 Å². The van der Waals surface area contributed by atoms with Gasteiger partial charge in [-0.05, 0) is 36.8 Å². The number of nitrogens with zero attached hydrogens (tertiary/aromatic N) is 1. The van der Waals surface area contributed by atoms with Gasteiger partial charge in [0.15, 0.2) is 0 Å². The number of hydrogen-bond acceptors (Lipinski definition) is 1. The molecule has 2 nitrogen and oxygen atoms in total. The van der Waals surface area contributed by atoms with Gasteiger partial charge < -0.3 is 4.90 Å². The van der Waals surface area contributed by atoms with E-state index in [1.807, 2.05) is 12.3 Å². The molecule has 0 aliphatic carbocycles. The molecule has 88 valence electrons. The Morgan fingerprint density at radius 1 is 1.31 bits per heavy atom. The summed E-state index contributed by atoms with van der Waals surface area (Å²) in [5, 5.41) is 0. The standard InChI is InChI=1S/C14H22N2/c1-12(2)13-6-9-16(10-7-13)11-14-5-3-4-8-15-14/h3-5,8,12-13H,6-7,9-11H2,1-2H3/p+1. The fraction of sp³-hybridized carbons (Fsp3) is 0.643. The molecule has 0 bridgehead atoms. The Kier molecular flexibility index (Phi) is 3.94. The number of pyridine rings is 1. The van der Waals surface area contributed by atoms with E-state index in [1.54, 1.807) is 4.90 Å². The van der Waals surface area contributed by atoms with Crippen molar-refractivity contribution in [3.63, 3.8) is 0 Å². The van der Waals surface area contributed by atoms with E-state index in [0.717, 1.165) is 18.4 Å². The predicted octanol–water partition coefficient (Wildman–Crippen LogP) is 1.53. The molecule has 0 atom stereocenters. The molecule has 0 saturated carbocycles. The molecule has 1 aromatic heterocycles. The normalized spacial score (nSPS) is 25.9. The summed E-state index contributed by atoms with van der Waals surface area (Å²) in [5.41, 5.74) is 1.24. The highest BCUT2D eigenvalue weighted by molar-refractivity contribution is 5.01. The van der Waals surface area contributed by atoms with Gasteiger partial charge in [-0.3, -0.25) is 4.98 Å². The highest BCUT2D eigenvalue weighted by Crippen LogP contribution is 2.19. The first-order chi connectivity index (χ1) is 7.75. The lowest BCUT2D eigenvalue weighted by Gasteiger charge is -2.31. The second-order valence-electron chi connectivity index (χ2n) is 5.33. The summed E-state index contributed by atoms with van der Waals surface area (Å²) >= 11 is 0. The van der Waals surface area contributed by atoms with E-state index in [0.29, 0.717) is 0 Å². The summed E-state index contributed by atoms with van der Waals surface area (Å²) in [7, 11) is 0. The van der Waals surface area contributed by atoms with Crippen LogP contribution in [0, 0.1) is 11.8 Å². The quantitative estimate of drug-likeness (QED) is 0.816. The summed E-state index contributed by atoms with van der Waals surface area (Å²) < 4.78 is 0. The van der Waals surface area contributed by atoms with Gasteiger partial charge in [0.05, 0.1) is 18.8 Å². The largest absolute Gasteiger partial charge is 0.330 e. The van der Waals surface area contributed by atoms with Crippen molar-refractivity contribution < 1.29 is 4.90 Å². The fourth-order valence-corrected chi connectivity index (χ4v) is 2.65. The van der Waals surface area contributed by atoms with Crippen LogP contribution in [0.3, 0.4) is 0 Å². The van der Waals surface area contributed by atoms with E-state index in [2.05, 4.69) is 31.0 Å². The molecule has 0 unspecified atom stereocenters. The van der Waals surface area contributed by atoms with Gasteiger partial charge >= 0.3 is 0 Å². The van der Waals surface area contributed by atoms with Crippen molar-refractivity contribution in [2.45, 2.75) is 33.2 Å². The molecule has 0 radical (unpaired) electrons. The minimum absolute atomic E-state index is 0.858. The van der Waals surface area contributed by atoms with Gasteiger partial charge in [-0.25, -0.2) is 0 Å². The number of piperidine rings is 1. The molecule has 16 heavy (non-hydrogen) atoms. The first-order valence-corrected chi connectivity index (χ1v) is 6.49. The number of rotatable bonds is 3. The molecule has 0 spiro atoms. The van der Waals surface area contributed by atoms with E-state index in [9.17, 15) is 0 Å². The van der Waals surface area contributed by atoms with Crippen molar-refractivity contribution in [1.82, 2.24) is 4.98 Å². The Hall–Kier alpha value is -0.890. The number of nitrogens with one attached hydrogen (secondary N) is 1. The number of likely N-dealkylation sites (tertiary alicyclic amines) is 1. The second-order valence-corrected chi connectivity index (χ2v) is 5.33. The molecule has 1 aliphatic rings. The molecule has 2 rings (SSSR count). The van der Waals surface area contributed by atoms with Crippen LogP contribution in [-0.4, -0.2) is 18.1 Å². The molecule has 2 heterocycles. The van der Waals surface area contributed by atoms with E-state index < -0.39 is 0 Å². The molecule has 0 amide bonds. The molecular weight excluding hydrogens is 196 g/mol. The van der Waals surface area contributed by atoms with Crippen molar-refractivity contribution in [3.8, 4) is 0 Å². The van der Waals surface area contributed by atoms with Crippen LogP contribution in [0.2, 0.25) is 0 Å². The van der Waals surface area contributed by atoms with E-state index in [1.165, 1.54) is 31.6 Å². The Balaban J connectivity index is 1.82. The maximum absolute atomic E-state index is 4.41. The number of aromatic nitrogens is 1. The molecule has 1 aliphatic heterocycles. The Labute approximate surface area is 98.7 Å². The van der Waals surface area contributed by atoms with Gasteiger partial charge in [-0.1, -0.05) is 19.9 Å². The minimum Gasteiger partial charge on any atom is -0.330 e. The Bertz CT molecular complexity index is 300. The maximum atomic E-state index is 4.41. The monoisotopic (exact) mass is 219 g/mol. The van der Waals surface area contributed by atoms with Gasteiger partial charge in [-0.2, -0.15) is 0 Å². The van der Waals surface area contributed by atoms with Crippen molar-refractivity contribution >= 4 is 0 Å². The summed E-state index contributed by atoms with van der Waals surface area (Å²) in [6, 6.07) is 6.22. The fourth-order valence-electron chi connectivity index (χ4n) is 2.65. The molecule has 1 N–H and O–H groups in total. The zero-order valence-corrected chi connectivity index (χ0v) is 10.4. The van der Waals surface area contributed by atoms with Crippen LogP contribution in [0.5, 0.6) is 0 Å². The minimum atomic E-state index is 0.858. The molecule has 1 aromatic rings. The number of quaternary nitrogens is 1. The predicted molar refractivity (Wildman–Crippen MR) is 66.2 cm³/mol. The molecular formula is C14H23N2+. The molecule has 1 saturated heterocycles. The van der Waals surface area contributed by atoms with E-state index >= 15 is 0 Å². The van der Waals surface area contributed by atoms with E-state index in [-0.39, 0.29) is 0 Å². The Morgan fingerprint density at radius 3 is 2.62 bits per heavy atom. The third-order valence-electron chi connectivity index (χ3n) is 3.84. The lowest BCUT2D eigenvalue weighted by molar-refractivity contribution is -0.920. The SMILES string of the molecule is CC(C)C1CC[NH+](Cc2ccccn2)CC1. The third-order valence-corrected chi connectivity index (χ3v) is 3.84. The average molecular weight is 219 g/mol.